The number of hydrogen-bond donors (Lipinski definition) is 0. The van der Waals surface area contributed by atoms with Crippen molar-refractivity contribution in [1.29, 1.82) is 0 Å². The molecule has 0 fully saturated rings. The lowest BCUT2D eigenvalue weighted by Crippen LogP contribution is -2.31. The molecule has 28 heavy (non-hydrogen) atoms. The highest BCUT2D eigenvalue weighted by molar-refractivity contribution is 6.30. The second kappa shape index (κ2) is 11.0. The number of hydrogen-bond acceptors (Lipinski definition) is 5. The van der Waals surface area contributed by atoms with Crippen LogP contribution in [-0.4, -0.2) is 25.5 Å². The summed E-state index contributed by atoms with van der Waals surface area (Å²) < 4.78 is 5.00. The summed E-state index contributed by atoms with van der Waals surface area (Å²) in [6.07, 6.45) is -0.606. The van der Waals surface area contributed by atoms with E-state index in [9.17, 15) is 4.79 Å². The number of halogens is 1. The van der Waals surface area contributed by atoms with Crippen LogP contribution in [0.5, 0.6) is 0 Å². The summed E-state index contributed by atoms with van der Waals surface area (Å²) in [5.74, 6) is 5.89. The number of carbonyl (C=O) groups is 1. The molecule has 7 heteroatoms. The second-order valence-corrected chi connectivity index (χ2v) is 5.95. The Hall–Kier alpha value is -3.01. The van der Waals surface area contributed by atoms with Gasteiger partial charge < -0.3 is 9.57 Å². The highest BCUT2D eigenvalue weighted by Crippen LogP contribution is 2.22. The summed E-state index contributed by atoms with van der Waals surface area (Å²) in [6, 6.07) is 14.4. The van der Waals surface area contributed by atoms with Crippen molar-refractivity contribution in [2.75, 3.05) is 18.8 Å². The van der Waals surface area contributed by atoms with Crippen LogP contribution in [0.1, 0.15) is 25.0 Å². The first kappa shape index (κ1) is 21.3. The van der Waals surface area contributed by atoms with Crippen molar-refractivity contribution in [3.05, 3.63) is 64.7 Å². The average molecular weight is 401 g/mol. The summed E-state index contributed by atoms with van der Waals surface area (Å²) in [6.45, 7) is 3.85. The molecule has 0 aliphatic carbocycles. The van der Waals surface area contributed by atoms with Crippen LogP contribution >= 0.6 is 11.6 Å². The Morgan fingerprint density at radius 3 is 2.57 bits per heavy atom. The van der Waals surface area contributed by atoms with E-state index in [-0.39, 0.29) is 13.2 Å². The minimum Gasteiger partial charge on any atom is -0.448 e. The zero-order valence-electron chi connectivity index (χ0n) is 15.9. The zero-order valence-corrected chi connectivity index (χ0v) is 16.7. The molecule has 0 saturated carbocycles. The maximum Gasteiger partial charge on any atom is 0.438 e. The van der Waals surface area contributed by atoms with Crippen molar-refractivity contribution < 1.29 is 19.2 Å². The SMILES string of the molecule is CCOC(=O)N(OC)c1ccccc1CO/N=C(\C)C#Cc1ccc(Cl)cc1. The number of carbonyl (C=O) groups excluding carboxylic acids is 1. The molecule has 0 saturated heterocycles. The Morgan fingerprint density at radius 2 is 1.89 bits per heavy atom. The van der Waals surface area contributed by atoms with Gasteiger partial charge in [-0.25, -0.2) is 4.79 Å². The van der Waals surface area contributed by atoms with E-state index in [1.54, 1.807) is 38.1 Å². The summed E-state index contributed by atoms with van der Waals surface area (Å²) in [5.41, 5.74) is 2.57. The summed E-state index contributed by atoms with van der Waals surface area (Å²) in [5, 5.41) is 5.73. The van der Waals surface area contributed by atoms with Crippen LogP contribution in [0.15, 0.2) is 53.7 Å². The molecule has 0 unspecified atom stereocenters. The topological polar surface area (TPSA) is 60.4 Å². The Morgan fingerprint density at radius 1 is 1.18 bits per heavy atom. The smallest absolute Gasteiger partial charge is 0.438 e. The molecule has 146 valence electrons. The maximum absolute atomic E-state index is 12.0. The van der Waals surface area contributed by atoms with Crippen LogP contribution in [0.25, 0.3) is 0 Å². The number of anilines is 1. The van der Waals surface area contributed by atoms with Crippen molar-refractivity contribution in [2.45, 2.75) is 20.5 Å². The predicted molar refractivity (Wildman–Crippen MR) is 109 cm³/mol. The minimum atomic E-state index is -0.606. The Balaban J connectivity index is 2.05. The van der Waals surface area contributed by atoms with E-state index in [2.05, 4.69) is 17.0 Å². The zero-order chi connectivity index (χ0) is 20.4. The third kappa shape index (κ3) is 6.31. The first-order valence-corrected chi connectivity index (χ1v) is 8.96. The van der Waals surface area contributed by atoms with Gasteiger partial charge in [-0.2, -0.15) is 5.06 Å². The maximum atomic E-state index is 12.0. The van der Waals surface area contributed by atoms with E-state index in [1.807, 2.05) is 24.3 Å². The number of ether oxygens (including phenoxy) is 1. The monoisotopic (exact) mass is 400 g/mol. The highest BCUT2D eigenvalue weighted by atomic mass is 35.5. The van der Waals surface area contributed by atoms with Gasteiger partial charge in [0.1, 0.15) is 12.3 Å². The summed E-state index contributed by atoms with van der Waals surface area (Å²) in [7, 11) is 1.39. The molecule has 1 amide bonds. The number of amides is 1. The molecule has 0 heterocycles. The van der Waals surface area contributed by atoms with Gasteiger partial charge >= 0.3 is 6.09 Å². The van der Waals surface area contributed by atoms with Gasteiger partial charge in [0.2, 0.25) is 0 Å². The molecule has 0 radical (unpaired) electrons. The van der Waals surface area contributed by atoms with Crippen molar-refractivity contribution in [3.8, 4) is 11.8 Å². The fraction of sp³-hybridized carbons (Fsp3) is 0.238. The lowest BCUT2D eigenvalue weighted by molar-refractivity contribution is 0.101. The van der Waals surface area contributed by atoms with Gasteiger partial charge in [-0.15, -0.1) is 0 Å². The fourth-order valence-electron chi connectivity index (χ4n) is 2.20. The summed E-state index contributed by atoms with van der Waals surface area (Å²) >= 11 is 5.85. The first-order chi connectivity index (χ1) is 13.5. The Labute approximate surface area is 169 Å². The van der Waals surface area contributed by atoms with Gasteiger partial charge in [-0.05, 0) is 50.1 Å². The molecular weight excluding hydrogens is 380 g/mol. The molecule has 0 bridgehead atoms. The Kier molecular flexibility index (Phi) is 8.35. The summed E-state index contributed by atoms with van der Waals surface area (Å²) in [4.78, 5) is 22.6. The van der Waals surface area contributed by atoms with E-state index in [1.165, 1.54) is 7.11 Å². The lowest BCUT2D eigenvalue weighted by atomic mass is 10.2. The van der Waals surface area contributed by atoms with E-state index >= 15 is 0 Å². The van der Waals surface area contributed by atoms with Gasteiger partial charge in [0.05, 0.1) is 19.4 Å². The third-order valence-electron chi connectivity index (χ3n) is 3.48. The normalized spacial score (nSPS) is 10.6. The van der Waals surface area contributed by atoms with Gasteiger partial charge in [0.25, 0.3) is 0 Å². The number of para-hydroxylation sites is 1. The van der Waals surface area contributed by atoms with E-state index in [0.717, 1.165) is 10.6 Å². The minimum absolute atomic E-state index is 0.134. The number of hydroxylamine groups is 1. The van der Waals surface area contributed by atoms with Crippen molar-refractivity contribution in [1.82, 2.24) is 0 Å². The quantitative estimate of drug-likeness (QED) is 0.396. The largest absolute Gasteiger partial charge is 0.448 e. The van der Waals surface area contributed by atoms with Crippen LogP contribution in [0.3, 0.4) is 0 Å². The molecule has 2 rings (SSSR count). The number of benzene rings is 2. The standard InChI is InChI=1S/C21H21ClN2O4/c1-4-27-21(25)24(26-3)20-8-6-5-7-18(20)15-28-23-16(2)9-10-17-11-13-19(22)14-12-17/h5-8,11-14H,4,15H2,1-3H3/b23-16+. The number of rotatable bonds is 6. The average Bonchev–Trinajstić information content (AvgIpc) is 2.69. The van der Waals surface area contributed by atoms with Gasteiger partial charge in [-0.3, -0.25) is 4.84 Å². The van der Waals surface area contributed by atoms with Gasteiger partial charge in [0, 0.05) is 16.1 Å². The molecule has 0 atom stereocenters. The fourth-order valence-corrected chi connectivity index (χ4v) is 2.33. The lowest BCUT2D eigenvalue weighted by Gasteiger charge is -2.21. The van der Waals surface area contributed by atoms with Crippen LogP contribution in [0.2, 0.25) is 5.02 Å². The molecular formula is C21H21ClN2O4. The molecule has 6 nitrogen and oxygen atoms in total. The van der Waals surface area contributed by atoms with Crippen molar-refractivity contribution >= 4 is 29.1 Å². The predicted octanol–water partition coefficient (Wildman–Crippen LogP) is 4.81. The van der Waals surface area contributed by atoms with Gasteiger partial charge in [0.15, 0.2) is 0 Å². The Bertz CT molecular complexity index is 885. The first-order valence-electron chi connectivity index (χ1n) is 8.58. The van der Waals surface area contributed by atoms with Crippen LogP contribution in [-0.2, 0) is 21.0 Å². The second-order valence-electron chi connectivity index (χ2n) is 5.51. The molecule has 0 aromatic heterocycles. The molecule has 0 spiro atoms. The molecule has 0 N–H and O–H groups in total. The molecule has 0 aliphatic rings. The van der Waals surface area contributed by atoms with Crippen LogP contribution in [0.4, 0.5) is 10.5 Å². The van der Waals surface area contributed by atoms with Crippen molar-refractivity contribution in [3.63, 3.8) is 0 Å². The van der Waals surface area contributed by atoms with Gasteiger partial charge in [-0.1, -0.05) is 40.9 Å². The van der Waals surface area contributed by atoms with E-state index in [0.29, 0.717) is 22.0 Å². The number of nitrogens with zero attached hydrogens (tertiary/aromatic N) is 2. The molecule has 2 aromatic carbocycles. The van der Waals surface area contributed by atoms with Crippen LogP contribution in [0, 0.1) is 11.8 Å². The van der Waals surface area contributed by atoms with Crippen LogP contribution < -0.4 is 5.06 Å². The van der Waals surface area contributed by atoms with E-state index in [4.69, 9.17) is 26.0 Å². The number of oxime groups is 1. The van der Waals surface area contributed by atoms with E-state index < -0.39 is 6.09 Å². The van der Waals surface area contributed by atoms with Crippen molar-refractivity contribution in [2.24, 2.45) is 5.16 Å². The molecule has 0 aliphatic heterocycles. The highest BCUT2D eigenvalue weighted by Gasteiger charge is 2.19. The molecule has 2 aromatic rings. The third-order valence-corrected chi connectivity index (χ3v) is 3.73.